The van der Waals surface area contributed by atoms with Gasteiger partial charge in [-0.15, -0.1) is 0 Å². The van der Waals surface area contributed by atoms with Crippen LogP contribution in [0.2, 0.25) is 0 Å². The molecule has 0 fully saturated rings. The van der Waals surface area contributed by atoms with Gasteiger partial charge in [0.2, 0.25) is 0 Å². The van der Waals surface area contributed by atoms with Crippen molar-refractivity contribution in [1.29, 1.82) is 0 Å². The topological polar surface area (TPSA) is 13.1 Å². The van der Waals surface area contributed by atoms with Crippen molar-refractivity contribution in [1.82, 2.24) is 10.5 Å². The van der Waals surface area contributed by atoms with Crippen molar-refractivity contribution in [3.05, 3.63) is 51.6 Å². The van der Waals surface area contributed by atoms with Crippen LogP contribution < -0.4 is 0 Å². The number of rotatable bonds is 2. The first kappa shape index (κ1) is 23.4. The van der Waals surface area contributed by atoms with Gasteiger partial charge in [0.1, 0.15) is 0 Å². The largest absolute Gasteiger partial charge is 0.416 e. The van der Waals surface area contributed by atoms with E-state index in [1.807, 2.05) is 1.33 Å². The van der Waals surface area contributed by atoms with Crippen LogP contribution in [-0.2, 0) is 44.7 Å². The number of aromatic nitrogens is 2. The zero-order chi connectivity index (χ0) is 19.4. The molecule has 9 heteroatoms. The maximum absolute atomic E-state index is 12.2. The van der Waals surface area contributed by atoms with Crippen LogP contribution in [-0.4, -0.2) is 10.5 Å². The molecule has 144 valence electrons. The molecule has 3 nitrogen and oxygen atoms in total. The zero-order valence-corrected chi connectivity index (χ0v) is 20.8. The molecular weight excluding hydrogens is 740 g/mol. The molecule has 0 spiro atoms. The van der Waals surface area contributed by atoms with Crippen LogP contribution in [0.1, 0.15) is 31.9 Å². The predicted octanol–water partition coefficient (Wildman–Crippen LogP) is 5.87. The molecule has 0 atom stereocenters. The summed E-state index contributed by atoms with van der Waals surface area (Å²) < 4.78 is 44.0. The van der Waals surface area contributed by atoms with E-state index in [4.69, 9.17) is 0 Å². The van der Waals surface area contributed by atoms with Gasteiger partial charge >= 0.3 is 84.2 Å². The summed E-state index contributed by atoms with van der Waals surface area (Å²) in [6.45, 7) is 7.24. The Kier molecular flexibility index (Phi) is 8.88. The minimum Gasteiger partial charge on any atom is -0.184 e. The first-order valence-corrected chi connectivity index (χ1v) is 10.3. The maximum Gasteiger partial charge on any atom is 0.416 e. The van der Waals surface area contributed by atoms with Crippen LogP contribution in [0, 0.1) is 3.80 Å². The van der Waals surface area contributed by atoms with E-state index in [0.717, 1.165) is 17.7 Å². The third-order valence-electron chi connectivity index (χ3n) is 3.20. The molecule has 0 aliphatic heterocycles. The van der Waals surface area contributed by atoms with E-state index in [0.29, 0.717) is 6.54 Å². The van der Waals surface area contributed by atoms with E-state index in [9.17, 15) is 13.2 Å². The van der Waals surface area contributed by atoms with Crippen LogP contribution in [0.25, 0.3) is 0 Å². The Morgan fingerprint density at radius 3 is 1.84 bits per heavy atom. The van der Waals surface area contributed by atoms with Crippen molar-refractivity contribution >= 4 is 45.7 Å². The molecular formula is C16H20F3I2N3Pt. The number of alkyl halides is 3. The summed E-state index contributed by atoms with van der Waals surface area (Å²) in [4.78, 5) is 0. The Morgan fingerprint density at radius 1 is 1.04 bits per heavy atom. The van der Waals surface area contributed by atoms with Gasteiger partial charge in [0.05, 0.1) is 5.56 Å². The molecule has 0 aliphatic rings. The van der Waals surface area contributed by atoms with Gasteiger partial charge < -0.3 is 0 Å². The fourth-order valence-electron chi connectivity index (χ4n) is 1.87. The summed E-state index contributed by atoms with van der Waals surface area (Å²) in [5.41, 5.74) is 0.453. The van der Waals surface area contributed by atoms with E-state index in [1.54, 1.807) is 0 Å². The minimum atomic E-state index is -4.24. The Bertz CT molecular complexity index is 729. The molecule has 0 amide bonds. The van der Waals surface area contributed by atoms with Gasteiger partial charge in [-0.25, -0.2) is 0 Å². The molecule has 0 unspecified atom stereocenters. The number of aryl methyl sites for hydroxylation is 1. The SMILES string of the molecule is Cn1ccn(C(C)(C)C)[c]1=[Pt].FC(F)(F)c1ccc(CN(I)I)cc1. The van der Waals surface area contributed by atoms with Crippen molar-refractivity contribution < 1.29 is 32.5 Å². The van der Waals surface area contributed by atoms with Crippen LogP contribution in [0.5, 0.6) is 0 Å². The van der Waals surface area contributed by atoms with Gasteiger partial charge in [0.15, 0.2) is 0 Å². The first-order chi connectivity index (χ1) is 11.3. The Hall–Kier alpha value is 0.328. The van der Waals surface area contributed by atoms with Gasteiger partial charge in [-0.05, 0) is 17.7 Å². The number of nitrogens with zero attached hydrogens (tertiary/aromatic N) is 3. The van der Waals surface area contributed by atoms with E-state index in [-0.39, 0.29) is 5.54 Å². The summed E-state index contributed by atoms with van der Waals surface area (Å²) in [6.07, 6.45) is -0.0528. The number of halogens is 5. The number of hydrogen-bond acceptors (Lipinski definition) is 1. The van der Waals surface area contributed by atoms with Crippen molar-refractivity contribution in [2.45, 2.75) is 39.0 Å². The Labute approximate surface area is 185 Å². The van der Waals surface area contributed by atoms with Crippen LogP contribution in [0.4, 0.5) is 13.2 Å². The molecule has 0 saturated heterocycles. The fourth-order valence-corrected chi connectivity index (χ4v) is 3.76. The van der Waals surface area contributed by atoms with E-state index < -0.39 is 11.7 Å². The van der Waals surface area contributed by atoms with Crippen molar-refractivity contribution in [3.8, 4) is 0 Å². The molecule has 1 aromatic heterocycles. The molecule has 0 saturated carbocycles. The van der Waals surface area contributed by atoms with E-state index in [2.05, 4.69) is 114 Å². The number of hydrogen-bond donors (Lipinski definition) is 0. The molecule has 1 aromatic carbocycles. The fraction of sp³-hybridized carbons (Fsp3) is 0.438. The van der Waals surface area contributed by atoms with E-state index >= 15 is 0 Å². The molecule has 1 heterocycles. The van der Waals surface area contributed by atoms with Gasteiger partial charge in [-0.3, -0.25) is 0 Å². The molecule has 0 bridgehead atoms. The average Bonchev–Trinajstić information content (AvgIpc) is 2.78. The molecule has 0 radical (unpaired) electrons. The normalized spacial score (nSPS) is 12.2. The molecule has 2 aromatic rings. The van der Waals surface area contributed by atoms with Gasteiger partial charge in [-0.1, -0.05) is 12.1 Å². The predicted molar refractivity (Wildman–Crippen MR) is 107 cm³/mol. The van der Waals surface area contributed by atoms with Crippen molar-refractivity contribution in [2.75, 3.05) is 0 Å². The first-order valence-electron chi connectivity index (χ1n) is 7.27. The summed E-state index contributed by atoms with van der Waals surface area (Å²) in [6, 6.07) is 5.19. The van der Waals surface area contributed by atoms with Gasteiger partial charge in [0.25, 0.3) is 0 Å². The van der Waals surface area contributed by atoms with E-state index in [1.165, 1.54) is 15.9 Å². The molecule has 0 aliphatic carbocycles. The third-order valence-corrected chi connectivity index (χ3v) is 5.23. The minimum absolute atomic E-state index is 0.193. The number of benzene rings is 1. The second-order valence-corrected chi connectivity index (χ2v) is 11.5. The van der Waals surface area contributed by atoms with Crippen molar-refractivity contribution in [3.63, 3.8) is 0 Å². The summed E-state index contributed by atoms with van der Waals surface area (Å²) in [5, 5.41) is 0. The standard InChI is InChI=1S/C8H6F3I2N.C8H14N2.Pt/c9-8(10,11)7-3-1-6(2-4-7)5-14(12)13;1-8(2,3)10-6-5-9(4)7-10;/h1-4H,5H2;5-6H,1-4H3;. The molecule has 0 N–H and O–H groups in total. The summed E-state index contributed by atoms with van der Waals surface area (Å²) >= 11 is 6.47. The zero-order valence-electron chi connectivity index (χ0n) is 14.2. The van der Waals surface area contributed by atoms with Crippen LogP contribution in [0.3, 0.4) is 0 Å². The Morgan fingerprint density at radius 2 is 1.56 bits per heavy atom. The van der Waals surface area contributed by atoms with Gasteiger partial charge in [-0.2, -0.15) is 14.5 Å². The summed E-state index contributed by atoms with van der Waals surface area (Å²) in [7, 11) is 2.06. The quantitative estimate of drug-likeness (QED) is 0.276. The molecule has 2 rings (SSSR count). The monoisotopic (exact) mass is 760 g/mol. The van der Waals surface area contributed by atoms with Crippen molar-refractivity contribution in [2.24, 2.45) is 7.05 Å². The smallest absolute Gasteiger partial charge is 0.184 e. The van der Waals surface area contributed by atoms with Gasteiger partial charge in [0, 0.05) is 52.3 Å². The third kappa shape index (κ3) is 7.84. The second-order valence-electron chi connectivity index (χ2n) is 6.35. The molecule has 25 heavy (non-hydrogen) atoms. The average molecular weight is 760 g/mol. The summed E-state index contributed by atoms with van der Waals surface area (Å²) in [5.74, 6) is 0. The number of imidazole rings is 1. The Balaban J connectivity index is 0.000000257. The maximum atomic E-state index is 12.2. The second kappa shape index (κ2) is 9.50. The van der Waals surface area contributed by atoms with Crippen LogP contribution >= 0.6 is 45.7 Å². The van der Waals surface area contributed by atoms with Crippen LogP contribution in [0.15, 0.2) is 36.7 Å².